The van der Waals surface area contributed by atoms with Crippen molar-refractivity contribution in [3.63, 3.8) is 0 Å². The van der Waals surface area contributed by atoms with Crippen molar-refractivity contribution in [2.45, 2.75) is 12.9 Å². The van der Waals surface area contributed by atoms with E-state index in [2.05, 4.69) is 20.5 Å². The molecular formula is C19H15F3N4O3. The van der Waals surface area contributed by atoms with Gasteiger partial charge < -0.3 is 20.5 Å². The van der Waals surface area contributed by atoms with Crippen molar-refractivity contribution >= 4 is 23.0 Å². The molecule has 7 nitrogen and oxygen atoms in total. The van der Waals surface area contributed by atoms with E-state index in [1.807, 2.05) is 0 Å². The SMILES string of the molecule is O=C1Nc2cc(OC(F)(F)F)ccc2Nc2ccc(-c3cnn(CCO)c3)cc21. The summed E-state index contributed by atoms with van der Waals surface area (Å²) in [4.78, 5) is 12.7. The number of alkyl halides is 3. The maximum Gasteiger partial charge on any atom is 0.573 e. The molecule has 1 aliphatic heterocycles. The first kappa shape index (κ1) is 18.8. The Labute approximate surface area is 162 Å². The number of nitrogens with one attached hydrogen (secondary N) is 2. The lowest BCUT2D eigenvalue weighted by molar-refractivity contribution is -0.274. The highest BCUT2D eigenvalue weighted by molar-refractivity contribution is 6.12. The zero-order valence-corrected chi connectivity index (χ0v) is 14.8. The Hall–Kier alpha value is -3.53. The van der Waals surface area contributed by atoms with Gasteiger partial charge in [0.25, 0.3) is 5.91 Å². The van der Waals surface area contributed by atoms with Crippen molar-refractivity contribution < 1.29 is 27.8 Å². The predicted octanol–water partition coefficient (Wildman–Crippen LogP) is 3.75. The largest absolute Gasteiger partial charge is 0.573 e. The summed E-state index contributed by atoms with van der Waals surface area (Å²) in [7, 11) is 0. The first-order valence-corrected chi connectivity index (χ1v) is 8.58. The third-order valence-electron chi connectivity index (χ3n) is 4.30. The van der Waals surface area contributed by atoms with Gasteiger partial charge in [-0.3, -0.25) is 9.48 Å². The van der Waals surface area contributed by atoms with Crippen LogP contribution in [-0.2, 0) is 6.54 Å². The molecule has 0 bridgehead atoms. The molecule has 0 aliphatic carbocycles. The maximum absolute atomic E-state index is 12.7. The van der Waals surface area contributed by atoms with Crippen LogP contribution in [0, 0.1) is 0 Å². The van der Waals surface area contributed by atoms with Crippen molar-refractivity contribution in [3.8, 4) is 16.9 Å². The van der Waals surface area contributed by atoms with E-state index >= 15 is 0 Å². The second-order valence-corrected chi connectivity index (χ2v) is 6.31. The molecule has 29 heavy (non-hydrogen) atoms. The number of aliphatic hydroxyl groups excluding tert-OH is 1. The molecule has 4 rings (SSSR count). The van der Waals surface area contributed by atoms with E-state index < -0.39 is 18.0 Å². The quantitative estimate of drug-likeness (QED) is 0.617. The summed E-state index contributed by atoms with van der Waals surface area (Å²) in [5, 5.41) is 18.8. The van der Waals surface area contributed by atoms with E-state index in [1.54, 1.807) is 35.3 Å². The number of halogens is 3. The highest BCUT2D eigenvalue weighted by Crippen LogP contribution is 2.37. The van der Waals surface area contributed by atoms with Gasteiger partial charge >= 0.3 is 6.36 Å². The van der Waals surface area contributed by atoms with E-state index in [0.29, 0.717) is 23.5 Å². The Bertz CT molecular complexity index is 1080. The Morgan fingerprint density at radius 1 is 1.03 bits per heavy atom. The average molecular weight is 404 g/mol. The van der Waals surface area contributed by atoms with Gasteiger partial charge in [-0.25, -0.2) is 0 Å². The second-order valence-electron chi connectivity index (χ2n) is 6.31. The molecule has 0 saturated carbocycles. The summed E-state index contributed by atoms with van der Waals surface area (Å²) in [5.41, 5.74) is 2.94. The van der Waals surface area contributed by atoms with E-state index in [1.165, 1.54) is 12.1 Å². The third kappa shape index (κ3) is 4.02. The lowest BCUT2D eigenvalue weighted by Gasteiger charge is -2.12. The third-order valence-corrected chi connectivity index (χ3v) is 4.30. The number of hydrogen-bond acceptors (Lipinski definition) is 5. The molecule has 1 amide bonds. The lowest BCUT2D eigenvalue weighted by Crippen LogP contribution is -2.17. The van der Waals surface area contributed by atoms with Gasteiger partial charge in [0.15, 0.2) is 0 Å². The van der Waals surface area contributed by atoms with Gasteiger partial charge in [-0.1, -0.05) is 6.07 Å². The minimum Gasteiger partial charge on any atom is -0.406 e. The number of benzene rings is 2. The van der Waals surface area contributed by atoms with Crippen LogP contribution in [0.15, 0.2) is 48.8 Å². The number of anilines is 3. The summed E-state index contributed by atoms with van der Waals surface area (Å²) in [6.45, 7) is 0.306. The molecule has 1 aromatic heterocycles. The molecular weight excluding hydrogens is 389 g/mol. The Balaban J connectivity index is 1.65. The fourth-order valence-corrected chi connectivity index (χ4v) is 3.03. The second kappa shape index (κ2) is 7.13. The van der Waals surface area contributed by atoms with Crippen LogP contribution in [0.25, 0.3) is 11.1 Å². The Morgan fingerprint density at radius 2 is 1.83 bits per heavy atom. The molecule has 2 heterocycles. The summed E-state index contributed by atoms with van der Waals surface area (Å²) in [6, 6.07) is 8.85. The van der Waals surface area contributed by atoms with Gasteiger partial charge in [0.2, 0.25) is 0 Å². The summed E-state index contributed by atoms with van der Waals surface area (Å²) in [5.74, 6) is -0.902. The highest BCUT2D eigenvalue weighted by atomic mass is 19.4. The van der Waals surface area contributed by atoms with Crippen LogP contribution < -0.4 is 15.4 Å². The molecule has 3 N–H and O–H groups in total. The van der Waals surface area contributed by atoms with Crippen LogP contribution in [-0.4, -0.2) is 33.8 Å². The van der Waals surface area contributed by atoms with Crippen LogP contribution in [0.5, 0.6) is 5.75 Å². The topological polar surface area (TPSA) is 88.4 Å². The smallest absolute Gasteiger partial charge is 0.406 e. The van der Waals surface area contributed by atoms with Crippen LogP contribution in [0.2, 0.25) is 0 Å². The molecule has 150 valence electrons. The number of aliphatic hydroxyl groups is 1. The number of carbonyl (C=O) groups is 1. The molecule has 0 fully saturated rings. The van der Waals surface area contributed by atoms with Crippen LogP contribution in [0.4, 0.5) is 30.2 Å². The molecule has 1 aliphatic rings. The number of aromatic nitrogens is 2. The Kier molecular flexibility index (Phi) is 4.63. The zero-order chi connectivity index (χ0) is 20.6. The average Bonchev–Trinajstić information content (AvgIpc) is 3.06. The van der Waals surface area contributed by atoms with Crippen LogP contribution in [0.1, 0.15) is 10.4 Å². The fourth-order valence-electron chi connectivity index (χ4n) is 3.03. The lowest BCUT2D eigenvalue weighted by atomic mass is 10.0. The molecule has 0 atom stereocenters. The van der Waals surface area contributed by atoms with Crippen molar-refractivity contribution in [2.75, 3.05) is 17.2 Å². The van der Waals surface area contributed by atoms with E-state index in [0.717, 1.165) is 17.2 Å². The molecule has 0 radical (unpaired) electrons. The minimum absolute atomic E-state index is 0.0457. The van der Waals surface area contributed by atoms with Gasteiger partial charge in [-0.05, 0) is 29.8 Å². The molecule has 0 saturated heterocycles. The number of nitrogens with zero attached hydrogens (tertiary/aromatic N) is 2. The van der Waals surface area contributed by atoms with Crippen LogP contribution >= 0.6 is 0 Å². The first-order chi connectivity index (χ1) is 13.8. The van der Waals surface area contributed by atoms with E-state index in [9.17, 15) is 18.0 Å². The highest BCUT2D eigenvalue weighted by Gasteiger charge is 2.31. The van der Waals surface area contributed by atoms with Gasteiger partial charge in [0.1, 0.15) is 5.75 Å². The standard InChI is InChI=1S/C19H15F3N4O3/c20-19(21,22)29-13-2-4-16-17(8-13)25-18(28)14-7-11(1-3-15(14)24-16)12-9-23-26(10-12)5-6-27/h1-4,7-10,24,27H,5-6H2,(H,25,28). The zero-order valence-electron chi connectivity index (χ0n) is 14.8. The fraction of sp³-hybridized carbons (Fsp3) is 0.158. The number of rotatable bonds is 4. The normalized spacial score (nSPS) is 13.0. The molecule has 0 spiro atoms. The maximum atomic E-state index is 12.7. The van der Waals surface area contributed by atoms with E-state index in [4.69, 9.17) is 5.11 Å². The van der Waals surface area contributed by atoms with Crippen molar-refractivity contribution in [1.29, 1.82) is 0 Å². The number of fused-ring (bicyclic) bond motifs is 2. The molecule has 3 aromatic rings. The summed E-state index contributed by atoms with van der Waals surface area (Å²) in [6.07, 6.45) is -1.46. The van der Waals surface area contributed by atoms with Gasteiger partial charge in [-0.2, -0.15) is 5.10 Å². The molecule has 0 unspecified atom stereocenters. The number of carbonyl (C=O) groups excluding carboxylic acids is 1. The predicted molar refractivity (Wildman–Crippen MR) is 99.1 cm³/mol. The minimum atomic E-state index is -4.82. The number of ether oxygens (including phenoxy) is 1. The van der Waals surface area contributed by atoms with Crippen molar-refractivity contribution in [1.82, 2.24) is 9.78 Å². The first-order valence-electron chi connectivity index (χ1n) is 8.58. The van der Waals surface area contributed by atoms with Crippen molar-refractivity contribution in [3.05, 3.63) is 54.4 Å². The molecule has 2 aromatic carbocycles. The monoisotopic (exact) mass is 404 g/mol. The number of hydrogen-bond donors (Lipinski definition) is 3. The van der Waals surface area contributed by atoms with E-state index in [-0.39, 0.29) is 12.3 Å². The van der Waals surface area contributed by atoms with Gasteiger partial charge in [0.05, 0.1) is 42.0 Å². The van der Waals surface area contributed by atoms with Crippen molar-refractivity contribution in [2.24, 2.45) is 0 Å². The summed E-state index contributed by atoms with van der Waals surface area (Å²) < 4.78 is 42.9. The van der Waals surface area contributed by atoms with Gasteiger partial charge in [0, 0.05) is 17.8 Å². The summed E-state index contributed by atoms with van der Waals surface area (Å²) >= 11 is 0. The molecule has 10 heteroatoms. The van der Waals surface area contributed by atoms with Gasteiger partial charge in [-0.15, -0.1) is 13.2 Å². The Morgan fingerprint density at radius 3 is 2.59 bits per heavy atom. The van der Waals surface area contributed by atoms with Crippen LogP contribution in [0.3, 0.4) is 0 Å². The number of amides is 1.